The van der Waals surface area contributed by atoms with Crippen LogP contribution in [0.1, 0.15) is 25.7 Å². The third-order valence-electron chi connectivity index (χ3n) is 4.13. The lowest BCUT2D eigenvalue weighted by Gasteiger charge is -2.42. The zero-order valence-corrected chi connectivity index (χ0v) is 12.4. The summed E-state index contributed by atoms with van der Waals surface area (Å²) in [6.45, 7) is 3.49. The normalized spacial score (nSPS) is 25.0. The number of methoxy groups -OCH3 is 1. The van der Waals surface area contributed by atoms with Crippen LogP contribution in [0.2, 0.25) is 0 Å². The van der Waals surface area contributed by atoms with E-state index in [9.17, 15) is 4.79 Å². The summed E-state index contributed by atoms with van der Waals surface area (Å²) in [4.78, 5) is 12.0. The molecule has 1 aliphatic carbocycles. The number of morpholine rings is 1. The minimum Gasteiger partial charge on any atom is -0.385 e. The van der Waals surface area contributed by atoms with Gasteiger partial charge in [0.2, 0.25) is 5.91 Å². The van der Waals surface area contributed by atoms with Crippen molar-refractivity contribution < 1.29 is 14.3 Å². The lowest BCUT2D eigenvalue weighted by Crippen LogP contribution is -2.53. The summed E-state index contributed by atoms with van der Waals surface area (Å²) in [5.41, 5.74) is 0.279. The molecule has 1 heterocycles. The van der Waals surface area contributed by atoms with Crippen molar-refractivity contribution in [1.82, 2.24) is 10.6 Å². The molecular formula is C13H25ClN2O3. The molecule has 1 amide bonds. The van der Waals surface area contributed by atoms with Gasteiger partial charge in [-0.25, -0.2) is 0 Å². The number of hydrogen-bond acceptors (Lipinski definition) is 4. The van der Waals surface area contributed by atoms with Crippen molar-refractivity contribution in [3.8, 4) is 0 Å². The predicted molar refractivity (Wildman–Crippen MR) is 75.6 cm³/mol. The third kappa shape index (κ3) is 4.60. The van der Waals surface area contributed by atoms with E-state index in [-0.39, 0.29) is 29.8 Å². The van der Waals surface area contributed by atoms with E-state index in [1.165, 1.54) is 19.3 Å². The molecular weight excluding hydrogens is 268 g/mol. The topological polar surface area (TPSA) is 59.6 Å². The van der Waals surface area contributed by atoms with E-state index >= 15 is 0 Å². The average molecular weight is 293 g/mol. The Morgan fingerprint density at radius 2 is 2.32 bits per heavy atom. The molecule has 1 atom stereocenters. The number of ether oxygens (including phenoxy) is 2. The van der Waals surface area contributed by atoms with Gasteiger partial charge in [0.25, 0.3) is 0 Å². The van der Waals surface area contributed by atoms with Gasteiger partial charge in [-0.2, -0.15) is 0 Å². The second kappa shape index (κ2) is 8.04. The number of hydrogen-bond donors (Lipinski definition) is 2. The van der Waals surface area contributed by atoms with E-state index in [0.29, 0.717) is 13.2 Å². The molecule has 0 radical (unpaired) electrons. The molecule has 2 rings (SSSR count). The summed E-state index contributed by atoms with van der Waals surface area (Å²) in [6, 6.07) is -0.182. The molecule has 1 aliphatic heterocycles. The number of halogens is 1. The minimum atomic E-state index is -0.182. The van der Waals surface area contributed by atoms with E-state index in [1.54, 1.807) is 7.11 Å². The van der Waals surface area contributed by atoms with Gasteiger partial charge in [-0.1, -0.05) is 6.42 Å². The van der Waals surface area contributed by atoms with Crippen molar-refractivity contribution in [2.45, 2.75) is 31.7 Å². The highest BCUT2D eigenvalue weighted by molar-refractivity contribution is 5.85. The molecule has 0 aromatic carbocycles. The maximum absolute atomic E-state index is 12.0. The van der Waals surface area contributed by atoms with Crippen LogP contribution in [0.3, 0.4) is 0 Å². The molecule has 6 heteroatoms. The van der Waals surface area contributed by atoms with E-state index in [0.717, 1.165) is 26.1 Å². The van der Waals surface area contributed by atoms with Crippen LogP contribution in [0, 0.1) is 5.41 Å². The molecule has 5 nitrogen and oxygen atoms in total. The predicted octanol–water partition coefficient (Wildman–Crippen LogP) is 0.720. The monoisotopic (exact) mass is 292 g/mol. The lowest BCUT2D eigenvalue weighted by atomic mass is 9.66. The van der Waals surface area contributed by atoms with Crippen LogP contribution >= 0.6 is 12.4 Å². The highest BCUT2D eigenvalue weighted by atomic mass is 35.5. The summed E-state index contributed by atoms with van der Waals surface area (Å²) < 4.78 is 10.4. The first kappa shape index (κ1) is 16.7. The number of carbonyl (C=O) groups excluding carboxylic acids is 1. The van der Waals surface area contributed by atoms with Crippen molar-refractivity contribution in [1.29, 1.82) is 0 Å². The van der Waals surface area contributed by atoms with E-state index in [2.05, 4.69) is 10.6 Å². The van der Waals surface area contributed by atoms with Crippen LogP contribution < -0.4 is 10.6 Å². The molecule has 1 saturated heterocycles. The quantitative estimate of drug-likeness (QED) is 0.757. The molecule has 0 aromatic heterocycles. The Hall–Kier alpha value is -0.360. The molecule has 2 N–H and O–H groups in total. The zero-order valence-electron chi connectivity index (χ0n) is 11.6. The fraction of sp³-hybridized carbons (Fsp3) is 0.923. The Morgan fingerprint density at radius 1 is 1.53 bits per heavy atom. The van der Waals surface area contributed by atoms with Crippen molar-refractivity contribution in [2.75, 3.05) is 40.0 Å². The highest BCUT2D eigenvalue weighted by Crippen LogP contribution is 2.43. The largest absolute Gasteiger partial charge is 0.385 e. The lowest BCUT2D eigenvalue weighted by molar-refractivity contribution is -0.126. The molecule has 112 valence electrons. The average Bonchev–Trinajstić information content (AvgIpc) is 2.38. The molecule has 0 aromatic rings. The number of amides is 1. The third-order valence-corrected chi connectivity index (χ3v) is 4.13. The van der Waals surface area contributed by atoms with Gasteiger partial charge in [-0.15, -0.1) is 12.4 Å². The molecule has 19 heavy (non-hydrogen) atoms. The van der Waals surface area contributed by atoms with Crippen LogP contribution in [-0.2, 0) is 14.3 Å². The summed E-state index contributed by atoms with van der Waals surface area (Å²) in [5.74, 6) is 0.0680. The smallest absolute Gasteiger partial charge is 0.239 e. The van der Waals surface area contributed by atoms with Gasteiger partial charge in [0.1, 0.15) is 6.04 Å². The standard InChI is InChI=1S/C13H24N2O3.ClH/c1-17-7-5-13(3-2-4-13)10-15-12(16)11-9-18-8-6-14-11;/h11,14H,2-10H2,1H3,(H,15,16);1H. The first-order chi connectivity index (χ1) is 8.76. The van der Waals surface area contributed by atoms with Gasteiger partial charge < -0.3 is 20.1 Å². The first-order valence-electron chi connectivity index (χ1n) is 6.84. The molecule has 2 aliphatic rings. The SMILES string of the molecule is COCCC1(CNC(=O)C2COCCN2)CCC1.Cl. The second-order valence-electron chi connectivity index (χ2n) is 5.40. The van der Waals surface area contributed by atoms with Gasteiger partial charge in [0.05, 0.1) is 13.2 Å². The first-order valence-corrected chi connectivity index (χ1v) is 6.84. The molecule has 1 unspecified atom stereocenters. The van der Waals surface area contributed by atoms with Gasteiger partial charge in [0.15, 0.2) is 0 Å². The second-order valence-corrected chi connectivity index (χ2v) is 5.40. The van der Waals surface area contributed by atoms with Gasteiger partial charge in [0, 0.05) is 26.8 Å². The maximum atomic E-state index is 12.0. The minimum absolute atomic E-state index is 0. The van der Waals surface area contributed by atoms with E-state index in [1.807, 2.05) is 0 Å². The van der Waals surface area contributed by atoms with Gasteiger partial charge in [-0.05, 0) is 24.7 Å². The summed E-state index contributed by atoms with van der Waals surface area (Å²) in [6.07, 6.45) is 4.71. The van der Waals surface area contributed by atoms with Crippen molar-refractivity contribution >= 4 is 18.3 Å². The fourth-order valence-corrected chi connectivity index (χ4v) is 2.64. The Balaban J connectivity index is 0.00000180. The Morgan fingerprint density at radius 3 is 2.84 bits per heavy atom. The van der Waals surface area contributed by atoms with Crippen molar-refractivity contribution in [3.63, 3.8) is 0 Å². The van der Waals surface area contributed by atoms with Crippen molar-refractivity contribution in [3.05, 3.63) is 0 Å². The van der Waals surface area contributed by atoms with Crippen LogP contribution in [0.15, 0.2) is 0 Å². The molecule has 0 spiro atoms. The summed E-state index contributed by atoms with van der Waals surface area (Å²) >= 11 is 0. The zero-order chi connectivity index (χ0) is 12.8. The Bertz CT molecular complexity index is 279. The van der Waals surface area contributed by atoms with Crippen LogP contribution in [-0.4, -0.2) is 52.0 Å². The van der Waals surface area contributed by atoms with Crippen LogP contribution in [0.4, 0.5) is 0 Å². The van der Waals surface area contributed by atoms with E-state index < -0.39 is 0 Å². The highest BCUT2D eigenvalue weighted by Gasteiger charge is 2.37. The summed E-state index contributed by atoms with van der Waals surface area (Å²) in [7, 11) is 1.73. The number of rotatable bonds is 6. The Labute approximate surface area is 121 Å². The van der Waals surface area contributed by atoms with Crippen molar-refractivity contribution in [2.24, 2.45) is 5.41 Å². The number of nitrogens with one attached hydrogen (secondary N) is 2. The van der Waals surface area contributed by atoms with Gasteiger partial charge >= 0.3 is 0 Å². The van der Waals surface area contributed by atoms with E-state index in [4.69, 9.17) is 9.47 Å². The summed E-state index contributed by atoms with van der Waals surface area (Å²) in [5, 5.41) is 6.24. The van der Waals surface area contributed by atoms with Crippen LogP contribution in [0.5, 0.6) is 0 Å². The maximum Gasteiger partial charge on any atom is 0.239 e. The molecule has 2 fully saturated rings. The fourth-order valence-electron chi connectivity index (χ4n) is 2.64. The number of carbonyl (C=O) groups is 1. The molecule has 1 saturated carbocycles. The van der Waals surface area contributed by atoms with Crippen LogP contribution in [0.25, 0.3) is 0 Å². The van der Waals surface area contributed by atoms with Gasteiger partial charge in [-0.3, -0.25) is 4.79 Å². The molecule has 0 bridgehead atoms. The Kier molecular flexibility index (Phi) is 7.07.